The van der Waals surface area contributed by atoms with Crippen LogP contribution in [0.5, 0.6) is 11.5 Å². The quantitative estimate of drug-likeness (QED) is 0.313. The number of nitrogens with zero attached hydrogens (tertiary/aromatic N) is 1. The molecule has 0 aliphatic carbocycles. The molecule has 1 aliphatic rings. The molecular formula is C26H21NO5. The number of carbonyl (C=O) groups is 2. The van der Waals surface area contributed by atoms with Crippen molar-refractivity contribution in [2.75, 3.05) is 13.7 Å². The van der Waals surface area contributed by atoms with Crippen molar-refractivity contribution in [3.05, 3.63) is 101 Å². The first-order valence-electron chi connectivity index (χ1n) is 10.0. The number of benzene rings is 3. The number of cyclic esters (lactones) is 1. The van der Waals surface area contributed by atoms with Crippen molar-refractivity contribution >= 4 is 23.7 Å². The molecule has 0 fully saturated rings. The van der Waals surface area contributed by atoms with Gasteiger partial charge in [0.2, 0.25) is 5.90 Å². The fraction of sp³-hybridized carbons (Fsp3) is 0.115. The van der Waals surface area contributed by atoms with Crippen LogP contribution in [0.25, 0.3) is 6.08 Å². The summed E-state index contributed by atoms with van der Waals surface area (Å²) in [5.74, 6) is 0.499. The maximum atomic E-state index is 12.3. The number of hydrogen-bond donors (Lipinski definition) is 0. The molecule has 0 spiro atoms. The van der Waals surface area contributed by atoms with Crippen molar-refractivity contribution in [3.63, 3.8) is 0 Å². The average Bonchev–Trinajstić information content (AvgIpc) is 3.18. The number of rotatable bonds is 7. The molecule has 6 nitrogen and oxygen atoms in total. The number of aryl methyl sites for hydroxylation is 1. The Morgan fingerprint density at radius 2 is 1.75 bits per heavy atom. The number of methoxy groups -OCH3 is 1. The zero-order chi connectivity index (χ0) is 22.5. The highest BCUT2D eigenvalue weighted by atomic mass is 16.6. The monoisotopic (exact) mass is 427 g/mol. The Labute approximate surface area is 185 Å². The fourth-order valence-electron chi connectivity index (χ4n) is 3.24. The summed E-state index contributed by atoms with van der Waals surface area (Å²) < 4.78 is 16.4. The van der Waals surface area contributed by atoms with Crippen molar-refractivity contribution in [1.82, 2.24) is 0 Å². The molecule has 32 heavy (non-hydrogen) atoms. The minimum absolute atomic E-state index is 0.114. The molecule has 0 bridgehead atoms. The van der Waals surface area contributed by atoms with Gasteiger partial charge in [0.05, 0.1) is 7.11 Å². The lowest BCUT2D eigenvalue weighted by atomic mass is 10.1. The minimum atomic E-state index is -0.518. The van der Waals surface area contributed by atoms with Gasteiger partial charge in [-0.15, -0.1) is 0 Å². The number of esters is 1. The molecule has 4 rings (SSSR count). The van der Waals surface area contributed by atoms with E-state index in [9.17, 15) is 9.59 Å². The largest absolute Gasteiger partial charge is 0.493 e. The van der Waals surface area contributed by atoms with E-state index in [0.717, 1.165) is 11.1 Å². The Kier molecular flexibility index (Phi) is 6.12. The molecule has 3 aromatic carbocycles. The van der Waals surface area contributed by atoms with Crippen LogP contribution in [0.2, 0.25) is 0 Å². The lowest BCUT2D eigenvalue weighted by molar-refractivity contribution is -0.129. The van der Waals surface area contributed by atoms with Gasteiger partial charge >= 0.3 is 5.97 Å². The topological polar surface area (TPSA) is 74.2 Å². The summed E-state index contributed by atoms with van der Waals surface area (Å²) in [5, 5.41) is 0. The molecule has 0 saturated heterocycles. The van der Waals surface area contributed by atoms with Gasteiger partial charge in [0, 0.05) is 11.1 Å². The van der Waals surface area contributed by atoms with Gasteiger partial charge in [-0.2, -0.15) is 0 Å². The Bertz CT molecular complexity index is 1230. The van der Waals surface area contributed by atoms with Crippen molar-refractivity contribution in [1.29, 1.82) is 0 Å². The number of ether oxygens (including phenoxy) is 3. The third kappa shape index (κ3) is 4.59. The number of ketones is 1. The first-order chi connectivity index (χ1) is 15.5. The molecule has 0 N–H and O–H groups in total. The van der Waals surface area contributed by atoms with Crippen molar-refractivity contribution in [2.24, 2.45) is 4.99 Å². The second-order valence-corrected chi connectivity index (χ2v) is 7.14. The van der Waals surface area contributed by atoms with Gasteiger partial charge < -0.3 is 14.2 Å². The van der Waals surface area contributed by atoms with E-state index in [1.165, 1.54) is 7.11 Å². The predicted octanol–water partition coefficient (Wildman–Crippen LogP) is 4.61. The van der Waals surface area contributed by atoms with Crippen molar-refractivity contribution in [2.45, 2.75) is 6.92 Å². The minimum Gasteiger partial charge on any atom is -0.493 e. The summed E-state index contributed by atoms with van der Waals surface area (Å²) in [4.78, 5) is 28.9. The first kappa shape index (κ1) is 21.1. The van der Waals surface area contributed by atoms with Crippen LogP contribution in [-0.4, -0.2) is 31.4 Å². The van der Waals surface area contributed by atoms with Gasteiger partial charge in [0.25, 0.3) is 0 Å². The molecule has 1 heterocycles. The van der Waals surface area contributed by atoms with E-state index in [1.54, 1.807) is 48.5 Å². The summed E-state index contributed by atoms with van der Waals surface area (Å²) in [6.07, 6.45) is 1.62. The van der Waals surface area contributed by atoms with Crippen LogP contribution in [0.1, 0.15) is 27.0 Å². The van der Waals surface area contributed by atoms with E-state index >= 15 is 0 Å². The van der Waals surface area contributed by atoms with Crippen LogP contribution in [0.15, 0.2) is 83.5 Å². The third-order valence-electron chi connectivity index (χ3n) is 4.94. The van der Waals surface area contributed by atoms with Gasteiger partial charge in [-0.05, 0) is 42.3 Å². The maximum Gasteiger partial charge on any atom is 0.363 e. The van der Waals surface area contributed by atoms with Gasteiger partial charge in [-0.3, -0.25) is 4.79 Å². The van der Waals surface area contributed by atoms with E-state index in [-0.39, 0.29) is 24.0 Å². The number of hydrogen-bond acceptors (Lipinski definition) is 6. The average molecular weight is 427 g/mol. The Morgan fingerprint density at radius 1 is 1.00 bits per heavy atom. The summed E-state index contributed by atoms with van der Waals surface area (Å²) in [6, 6.07) is 21.7. The van der Waals surface area contributed by atoms with Gasteiger partial charge in [-0.25, -0.2) is 9.79 Å². The Hall–Kier alpha value is -4.19. The van der Waals surface area contributed by atoms with Gasteiger partial charge in [0.1, 0.15) is 0 Å². The first-order valence-corrected chi connectivity index (χ1v) is 10.0. The highest BCUT2D eigenvalue weighted by Gasteiger charge is 2.25. The Morgan fingerprint density at radius 3 is 2.50 bits per heavy atom. The number of carbonyl (C=O) groups excluding carboxylic acids is 2. The van der Waals surface area contributed by atoms with Crippen LogP contribution in [0, 0.1) is 6.92 Å². The van der Waals surface area contributed by atoms with E-state index in [1.807, 2.05) is 37.3 Å². The van der Waals surface area contributed by atoms with E-state index in [4.69, 9.17) is 14.2 Å². The zero-order valence-corrected chi connectivity index (χ0v) is 17.7. The van der Waals surface area contributed by atoms with Gasteiger partial charge in [-0.1, -0.05) is 54.6 Å². The summed E-state index contributed by atoms with van der Waals surface area (Å²) >= 11 is 0. The van der Waals surface area contributed by atoms with E-state index in [2.05, 4.69) is 4.99 Å². The van der Waals surface area contributed by atoms with Crippen LogP contribution < -0.4 is 9.47 Å². The molecule has 0 unspecified atom stereocenters. The summed E-state index contributed by atoms with van der Waals surface area (Å²) in [7, 11) is 1.51. The fourth-order valence-corrected chi connectivity index (χ4v) is 3.24. The maximum absolute atomic E-state index is 12.3. The lowest BCUT2D eigenvalue weighted by Crippen LogP contribution is -2.11. The molecule has 0 amide bonds. The lowest BCUT2D eigenvalue weighted by Gasteiger charge is -2.11. The molecule has 160 valence electrons. The predicted molar refractivity (Wildman–Crippen MR) is 121 cm³/mol. The molecular weight excluding hydrogens is 406 g/mol. The normalized spacial score (nSPS) is 14.1. The molecule has 0 saturated carbocycles. The summed E-state index contributed by atoms with van der Waals surface area (Å²) in [5.41, 5.74) is 3.20. The standard InChI is InChI=1S/C26H21NO5/c1-17-8-6-7-11-20(17)25-27-21(26(29)32-25)14-18-12-13-23(24(15-18)30-2)31-16-22(28)19-9-4-3-5-10-19/h3-15H,16H2,1-2H3/b21-14-. The number of Topliss-reactive ketones (excluding diaryl/α,β-unsaturated/α-hetero) is 1. The van der Waals surface area contributed by atoms with Crippen LogP contribution in [0.4, 0.5) is 0 Å². The molecule has 0 atom stereocenters. The van der Waals surface area contributed by atoms with E-state index in [0.29, 0.717) is 22.6 Å². The Balaban J connectivity index is 1.52. The molecule has 1 aliphatic heterocycles. The zero-order valence-electron chi connectivity index (χ0n) is 17.7. The summed E-state index contributed by atoms with van der Waals surface area (Å²) in [6.45, 7) is 1.82. The SMILES string of the molecule is COc1cc(/C=C2\N=C(c3ccccc3C)OC2=O)ccc1OCC(=O)c1ccccc1. The van der Waals surface area contributed by atoms with Crippen LogP contribution in [-0.2, 0) is 9.53 Å². The third-order valence-corrected chi connectivity index (χ3v) is 4.94. The number of aliphatic imine (C=N–C) groups is 1. The highest BCUT2D eigenvalue weighted by molar-refractivity contribution is 6.13. The molecule has 0 radical (unpaired) electrons. The van der Waals surface area contributed by atoms with Crippen molar-refractivity contribution in [3.8, 4) is 11.5 Å². The second kappa shape index (κ2) is 9.31. The van der Waals surface area contributed by atoms with E-state index < -0.39 is 5.97 Å². The smallest absolute Gasteiger partial charge is 0.363 e. The van der Waals surface area contributed by atoms with Crippen LogP contribution in [0.3, 0.4) is 0 Å². The van der Waals surface area contributed by atoms with Crippen molar-refractivity contribution < 1.29 is 23.8 Å². The molecule has 3 aromatic rings. The van der Waals surface area contributed by atoms with Crippen LogP contribution >= 0.6 is 0 Å². The highest BCUT2D eigenvalue weighted by Crippen LogP contribution is 2.30. The molecule has 6 heteroatoms. The second-order valence-electron chi connectivity index (χ2n) is 7.14. The van der Waals surface area contributed by atoms with Gasteiger partial charge in [0.15, 0.2) is 29.6 Å². The molecule has 0 aromatic heterocycles.